The standard InChI is InChI=1S/C11H11N3O3.C11H13N3O/c1-13-7-12-6-10(13)9-4-3-8(14(15)16)5-11(9)17-2;1-14-7-13-6-10(14)9-4-3-8(12)5-11(9)15-2/h3-7H,1-2H3;3-7H,12H2,1-2H3. The molecule has 10 nitrogen and oxygen atoms in total. The van der Waals surface area contributed by atoms with Crippen molar-refractivity contribution in [3.63, 3.8) is 0 Å². The molecule has 0 fully saturated rings. The van der Waals surface area contributed by atoms with E-state index in [-0.39, 0.29) is 5.69 Å². The van der Waals surface area contributed by atoms with Gasteiger partial charge < -0.3 is 24.3 Å². The summed E-state index contributed by atoms with van der Waals surface area (Å²) in [5.74, 6) is 1.22. The van der Waals surface area contributed by atoms with Crippen LogP contribution in [0.25, 0.3) is 22.5 Å². The van der Waals surface area contributed by atoms with E-state index >= 15 is 0 Å². The van der Waals surface area contributed by atoms with Crippen molar-refractivity contribution < 1.29 is 14.4 Å². The molecule has 4 aromatic rings. The number of aryl methyl sites for hydroxylation is 2. The quantitative estimate of drug-likeness (QED) is 0.287. The van der Waals surface area contributed by atoms with E-state index in [1.165, 1.54) is 19.2 Å². The SMILES string of the molecule is COc1cc(N)ccc1-c1cncn1C.COc1cc([N+](=O)[O-])ccc1-c1cncn1C. The van der Waals surface area contributed by atoms with Crippen molar-refractivity contribution in [2.45, 2.75) is 0 Å². The van der Waals surface area contributed by atoms with Crippen LogP contribution in [-0.4, -0.2) is 38.2 Å². The minimum Gasteiger partial charge on any atom is -0.496 e. The number of anilines is 1. The van der Waals surface area contributed by atoms with Crippen LogP contribution in [0.5, 0.6) is 11.5 Å². The number of nitrogens with two attached hydrogens (primary N) is 1. The van der Waals surface area contributed by atoms with Crippen LogP contribution >= 0.6 is 0 Å². The molecular weight excluding hydrogens is 412 g/mol. The molecule has 2 heterocycles. The van der Waals surface area contributed by atoms with Gasteiger partial charge in [0.05, 0.1) is 61.6 Å². The molecule has 0 atom stereocenters. The van der Waals surface area contributed by atoms with Crippen LogP contribution in [0.4, 0.5) is 11.4 Å². The molecule has 0 aliphatic heterocycles. The Balaban J connectivity index is 0.000000182. The van der Waals surface area contributed by atoms with Crippen LogP contribution in [0.3, 0.4) is 0 Å². The van der Waals surface area contributed by atoms with Gasteiger partial charge in [0.15, 0.2) is 0 Å². The van der Waals surface area contributed by atoms with Gasteiger partial charge in [-0.15, -0.1) is 0 Å². The van der Waals surface area contributed by atoms with E-state index in [2.05, 4.69) is 9.97 Å². The fraction of sp³-hybridized carbons (Fsp3) is 0.182. The molecule has 0 saturated heterocycles. The highest BCUT2D eigenvalue weighted by molar-refractivity contribution is 5.70. The summed E-state index contributed by atoms with van der Waals surface area (Å²) in [6, 6.07) is 10.1. The molecule has 2 N–H and O–H groups in total. The third-order valence-corrected chi connectivity index (χ3v) is 4.81. The van der Waals surface area contributed by atoms with Crippen LogP contribution in [0.2, 0.25) is 0 Å². The summed E-state index contributed by atoms with van der Waals surface area (Å²) in [6.45, 7) is 0. The van der Waals surface area contributed by atoms with Crippen molar-refractivity contribution >= 4 is 11.4 Å². The van der Waals surface area contributed by atoms with E-state index in [1.807, 2.05) is 41.4 Å². The van der Waals surface area contributed by atoms with Crippen molar-refractivity contribution in [1.82, 2.24) is 19.1 Å². The number of hydrogen-bond donors (Lipinski definition) is 1. The molecule has 166 valence electrons. The topological polar surface area (TPSA) is 123 Å². The fourth-order valence-electron chi connectivity index (χ4n) is 3.16. The van der Waals surface area contributed by atoms with Gasteiger partial charge >= 0.3 is 0 Å². The van der Waals surface area contributed by atoms with E-state index in [9.17, 15) is 10.1 Å². The summed E-state index contributed by atoms with van der Waals surface area (Å²) in [4.78, 5) is 18.3. The normalized spacial score (nSPS) is 10.2. The minimum atomic E-state index is -0.449. The number of nitrogens with zero attached hydrogens (tertiary/aromatic N) is 5. The zero-order valence-corrected chi connectivity index (χ0v) is 18.2. The number of rotatable bonds is 5. The zero-order chi connectivity index (χ0) is 23.3. The molecule has 0 aliphatic rings. The molecule has 0 unspecified atom stereocenters. The number of hydrogen-bond acceptors (Lipinski definition) is 7. The Morgan fingerprint density at radius 3 is 1.81 bits per heavy atom. The molecule has 2 aromatic heterocycles. The van der Waals surface area contributed by atoms with E-state index in [0.717, 1.165) is 28.3 Å². The average molecular weight is 436 g/mol. The second-order valence-corrected chi connectivity index (χ2v) is 6.88. The number of non-ortho nitro benzene ring substituents is 1. The molecule has 10 heteroatoms. The zero-order valence-electron chi connectivity index (χ0n) is 18.2. The summed E-state index contributed by atoms with van der Waals surface area (Å²) < 4.78 is 14.2. The Hall–Kier alpha value is -4.34. The molecular formula is C22H24N6O4. The van der Waals surface area contributed by atoms with Crippen LogP contribution in [0.15, 0.2) is 61.4 Å². The highest BCUT2D eigenvalue weighted by Gasteiger charge is 2.14. The van der Waals surface area contributed by atoms with E-state index in [0.29, 0.717) is 11.4 Å². The van der Waals surface area contributed by atoms with Crippen LogP contribution < -0.4 is 15.2 Å². The minimum absolute atomic E-state index is 0.00719. The Kier molecular flexibility index (Phi) is 6.74. The lowest BCUT2D eigenvalue weighted by atomic mass is 10.1. The van der Waals surface area contributed by atoms with Gasteiger partial charge in [0.25, 0.3) is 5.69 Å². The number of ether oxygens (including phenoxy) is 2. The van der Waals surface area contributed by atoms with Crippen LogP contribution in [-0.2, 0) is 14.1 Å². The molecule has 0 aliphatic carbocycles. The molecule has 32 heavy (non-hydrogen) atoms. The number of imidazole rings is 2. The number of benzene rings is 2. The second-order valence-electron chi connectivity index (χ2n) is 6.88. The summed E-state index contributed by atoms with van der Waals surface area (Å²) in [5, 5.41) is 10.7. The average Bonchev–Trinajstić information content (AvgIpc) is 3.41. The lowest BCUT2D eigenvalue weighted by Gasteiger charge is -2.09. The number of aromatic nitrogens is 4. The first-order valence-corrected chi connectivity index (χ1v) is 9.55. The highest BCUT2D eigenvalue weighted by atomic mass is 16.6. The van der Waals surface area contributed by atoms with E-state index in [1.54, 1.807) is 38.2 Å². The Labute approximate surface area is 185 Å². The Morgan fingerprint density at radius 1 is 0.875 bits per heavy atom. The predicted octanol–water partition coefficient (Wildman–Crippen LogP) is 3.68. The third kappa shape index (κ3) is 4.69. The van der Waals surface area contributed by atoms with E-state index < -0.39 is 4.92 Å². The first kappa shape index (κ1) is 22.3. The molecule has 0 spiro atoms. The maximum Gasteiger partial charge on any atom is 0.273 e. The van der Waals surface area contributed by atoms with Gasteiger partial charge in [-0.1, -0.05) is 0 Å². The summed E-state index contributed by atoms with van der Waals surface area (Å²) >= 11 is 0. The summed E-state index contributed by atoms with van der Waals surface area (Å²) in [6.07, 6.45) is 6.90. The summed E-state index contributed by atoms with van der Waals surface area (Å²) in [5.41, 5.74) is 10.0. The highest BCUT2D eigenvalue weighted by Crippen LogP contribution is 2.33. The first-order valence-electron chi connectivity index (χ1n) is 9.55. The number of nitrogen functional groups attached to an aromatic ring is 1. The van der Waals surface area contributed by atoms with Gasteiger partial charge in [-0.3, -0.25) is 10.1 Å². The van der Waals surface area contributed by atoms with Gasteiger partial charge in [0.2, 0.25) is 0 Å². The van der Waals surface area contributed by atoms with Crippen molar-refractivity contribution in [3.8, 4) is 34.0 Å². The van der Waals surface area contributed by atoms with Crippen molar-refractivity contribution in [3.05, 3.63) is 71.6 Å². The predicted molar refractivity (Wildman–Crippen MR) is 121 cm³/mol. The van der Waals surface area contributed by atoms with Crippen molar-refractivity contribution in [2.24, 2.45) is 14.1 Å². The van der Waals surface area contributed by atoms with Gasteiger partial charge in [-0.2, -0.15) is 0 Å². The summed E-state index contributed by atoms with van der Waals surface area (Å²) in [7, 11) is 6.91. The monoisotopic (exact) mass is 436 g/mol. The lowest BCUT2D eigenvalue weighted by Crippen LogP contribution is -1.95. The molecule has 0 bridgehead atoms. The fourth-order valence-corrected chi connectivity index (χ4v) is 3.16. The number of methoxy groups -OCH3 is 2. The molecule has 4 rings (SSSR count). The second kappa shape index (κ2) is 9.65. The van der Waals surface area contributed by atoms with Crippen molar-refractivity contribution in [2.75, 3.05) is 20.0 Å². The molecule has 0 saturated carbocycles. The third-order valence-electron chi connectivity index (χ3n) is 4.81. The number of nitro benzene ring substituents is 1. The van der Waals surface area contributed by atoms with Gasteiger partial charge in [0.1, 0.15) is 11.5 Å². The largest absolute Gasteiger partial charge is 0.496 e. The van der Waals surface area contributed by atoms with Crippen LogP contribution in [0.1, 0.15) is 0 Å². The van der Waals surface area contributed by atoms with Crippen LogP contribution in [0, 0.1) is 10.1 Å². The van der Waals surface area contributed by atoms with Gasteiger partial charge in [-0.25, -0.2) is 9.97 Å². The maximum atomic E-state index is 10.7. The van der Waals surface area contributed by atoms with Crippen molar-refractivity contribution in [1.29, 1.82) is 0 Å². The smallest absolute Gasteiger partial charge is 0.273 e. The maximum absolute atomic E-state index is 10.7. The number of nitro groups is 1. The Morgan fingerprint density at radius 2 is 1.38 bits per heavy atom. The molecule has 0 amide bonds. The lowest BCUT2D eigenvalue weighted by molar-refractivity contribution is -0.384. The first-order chi connectivity index (χ1) is 15.3. The Bertz CT molecular complexity index is 1230. The molecule has 2 aromatic carbocycles. The molecule has 0 radical (unpaired) electrons. The van der Waals surface area contributed by atoms with Gasteiger partial charge in [-0.05, 0) is 18.2 Å². The van der Waals surface area contributed by atoms with E-state index in [4.69, 9.17) is 15.2 Å². The van der Waals surface area contributed by atoms with Gasteiger partial charge in [0, 0.05) is 43.0 Å².